The number of anilines is 3. The van der Waals surface area contributed by atoms with Gasteiger partial charge in [0.25, 0.3) is 0 Å². The van der Waals surface area contributed by atoms with Crippen LogP contribution < -0.4 is 15.5 Å². The van der Waals surface area contributed by atoms with Crippen LogP contribution in [0.15, 0.2) is 40.9 Å². The molecule has 7 nitrogen and oxygen atoms in total. The molecule has 4 heterocycles. The van der Waals surface area contributed by atoms with Crippen LogP contribution in [0, 0.1) is 6.92 Å². The van der Waals surface area contributed by atoms with Gasteiger partial charge in [0, 0.05) is 68.8 Å². The lowest BCUT2D eigenvalue weighted by atomic mass is 10.1. The molecule has 1 fully saturated rings. The zero-order valence-corrected chi connectivity index (χ0v) is 22.0. The minimum Gasteiger partial charge on any atom is -0.459 e. The van der Waals surface area contributed by atoms with Crippen LogP contribution in [0.2, 0.25) is 0 Å². The van der Waals surface area contributed by atoms with Gasteiger partial charge in [-0.25, -0.2) is 9.97 Å². The van der Waals surface area contributed by atoms with E-state index in [1.165, 1.54) is 11.3 Å². The molecule has 0 unspecified atom stereocenters. The van der Waals surface area contributed by atoms with Crippen molar-refractivity contribution in [3.8, 4) is 11.5 Å². The number of likely N-dealkylation sites (N-methyl/N-ethyl adjacent to an activating group) is 1. The summed E-state index contributed by atoms with van der Waals surface area (Å²) in [7, 11) is 2.18. The van der Waals surface area contributed by atoms with Gasteiger partial charge in [-0.1, -0.05) is 13.8 Å². The molecule has 0 aliphatic carbocycles. The number of aromatic nitrogens is 2. The second kappa shape index (κ2) is 12.8. The van der Waals surface area contributed by atoms with E-state index in [0.29, 0.717) is 5.95 Å². The molecule has 2 aliphatic rings. The predicted molar refractivity (Wildman–Crippen MR) is 146 cm³/mol. The predicted octanol–water partition coefficient (Wildman–Crippen LogP) is 4.76. The Kier molecular flexibility index (Phi) is 9.80. The average Bonchev–Trinajstić information content (AvgIpc) is 3.33. The van der Waals surface area contributed by atoms with Gasteiger partial charge in [-0.05, 0) is 56.1 Å². The summed E-state index contributed by atoms with van der Waals surface area (Å²) in [5.74, 6) is 2.46. The number of fused-ring (bicyclic) bond motifs is 1. The van der Waals surface area contributed by atoms with E-state index in [4.69, 9.17) is 9.40 Å². The van der Waals surface area contributed by atoms with Crippen LogP contribution in [0.25, 0.3) is 11.5 Å². The summed E-state index contributed by atoms with van der Waals surface area (Å²) in [5, 5.41) is 6.72. The first-order chi connectivity index (χ1) is 16.7. The van der Waals surface area contributed by atoms with Gasteiger partial charge in [0.1, 0.15) is 11.5 Å². The molecule has 5 rings (SSSR count). The number of benzene rings is 1. The van der Waals surface area contributed by atoms with Crippen LogP contribution in [-0.2, 0) is 13.0 Å². The SMILES string of the molecule is CC.CS.Cc1cnc(Nc2ccc(N3CCN(C)CC3)cc2)nc1-c1cc2c(o1)CCNC2. The maximum Gasteiger partial charge on any atom is 0.227 e. The third kappa shape index (κ3) is 6.31. The number of nitrogens with one attached hydrogen (secondary N) is 2. The van der Waals surface area contributed by atoms with E-state index in [1.807, 2.05) is 27.0 Å². The maximum absolute atomic E-state index is 6.10. The zero-order chi connectivity index (χ0) is 24.5. The molecule has 0 saturated carbocycles. The molecule has 1 saturated heterocycles. The third-order valence-electron chi connectivity index (χ3n) is 5.94. The Morgan fingerprint density at radius 1 is 1.06 bits per heavy atom. The molecule has 0 bridgehead atoms. The number of thiol groups is 1. The van der Waals surface area contributed by atoms with E-state index in [2.05, 4.69) is 75.4 Å². The molecule has 3 aromatic rings. The van der Waals surface area contributed by atoms with Gasteiger partial charge in [-0.2, -0.15) is 12.6 Å². The van der Waals surface area contributed by atoms with Gasteiger partial charge in [-0.3, -0.25) is 0 Å². The average molecular weight is 483 g/mol. The first kappa shape index (κ1) is 26.1. The van der Waals surface area contributed by atoms with E-state index in [1.54, 1.807) is 6.26 Å². The normalized spacial score (nSPS) is 15.4. The van der Waals surface area contributed by atoms with Crippen LogP contribution in [0.1, 0.15) is 30.7 Å². The third-order valence-corrected chi connectivity index (χ3v) is 5.94. The standard InChI is InChI=1S/C23H28N6O.C2H6.CH4S/c1-16-14-25-23(27-22(16)21-13-17-15-24-8-7-20(17)30-21)26-18-3-5-19(6-4-18)29-11-9-28(2)10-12-29;2*1-2/h3-6,13-14,24H,7-12,15H2,1-2H3,(H,25,26,27);1-2H3;2H,1H3. The Labute approximate surface area is 209 Å². The van der Waals surface area contributed by atoms with Crippen molar-refractivity contribution < 1.29 is 4.42 Å². The van der Waals surface area contributed by atoms with E-state index < -0.39 is 0 Å². The van der Waals surface area contributed by atoms with Crippen LogP contribution in [0.3, 0.4) is 0 Å². The molecular formula is C26H38N6OS. The van der Waals surface area contributed by atoms with Crippen LogP contribution in [0.5, 0.6) is 0 Å². The fourth-order valence-electron chi connectivity index (χ4n) is 4.07. The maximum atomic E-state index is 6.10. The molecule has 34 heavy (non-hydrogen) atoms. The van der Waals surface area contributed by atoms with Crippen molar-refractivity contribution in [3.63, 3.8) is 0 Å². The van der Waals surface area contributed by atoms with Crippen molar-refractivity contribution >= 4 is 30.0 Å². The Bertz CT molecular complexity index is 1000. The number of hydrogen-bond acceptors (Lipinski definition) is 8. The summed E-state index contributed by atoms with van der Waals surface area (Å²) < 4.78 is 6.10. The lowest BCUT2D eigenvalue weighted by molar-refractivity contribution is 0.313. The summed E-state index contributed by atoms with van der Waals surface area (Å²) in [4.78, 5) is 14.0. The summed E-state index contributed by atoms with van der Waals surface area (Å²) in [6, 6.07) is 10.6. The lowest BCUT2D eigenvalue weighted by Crippen LogP contribution is -2.44. The van der Waals surface area contributed by atoms with Crippen molar-refractivity contribution in [2.24, 2.45) is 0 Å². The highest BCUT2D eigenvalue weighted by Gasteiger charge is 2.18. The Hall–Kier alpha value is -2.55. The summed E-state index contributed by atoms with van der Waals surface area (Å²) in [5.41, 5.74) is 5.31. The van der Waals surface area contributed by atoms with E-state index >= 15 is 0 Å². The van der Waals surface area contributed by atoms with Crippen molar-refractivity contribution in [2.45, 2.75) is 33.7 Å². The zero-order valence-electron chi connectivity index (χ0n) is 21.1. The van der Waals surface area contributed by atoms with Gasteiger partial charge in [-0.15, -0.1) is 0 Å². The highest BCUT2D eigenvalue weighted by Crippen LogP contribution is 2.29. The van der Waals surface area contributed by atoms with E-state index in [9.17, 15) is 0 Å². The molecule has 0 amide bonds. The fourth-order valence-corrected chi connectivity index (χ4v) is 4.07. The Balaban J connectivity index is 0.000000771. The van der Waals surface area contributed by atoms with E-state index in [-0.39, 0.29) is 0 Å². The largest absolute Gasteiger partial charge is 0.459 e. The molecule has 2 aromatic heterocycles. The summed E-state index contributed by atoms with van der Waals surface area (Å²) in [6.45, 7) is 12.2. The topological polar surface area (TPSA) is 69.5 Å². The minimum absolute atomic E-state index is 0.579. The monoisotopic (exact) mass is 482 g/mol. The quantitative estimate of drug-likeness (QED) is 0.463. The number of nitrogens with zero attached hydrogens (tertiary/aromatic N) is 4. The first-order valence-corrected chi connectivity index (χ1v) is 13.0. The van der Waals surface area contributed by atoms with Gasteiger partial charge < -0.3 is 24.9 Å². The number of rotatable bonds is 4. The fraction of sp³-hybridized carbons (Fsp3) is 0.462. The van der Waals surface area contributed by atoms with Gasteiger partial charge >= 0.3 is 0 Å². The summed E-state index contributed by atoms with van der Waals surface area (Å²) in [6.07, 6.45) is 4.47. The minimum atomic E-state index is 0.579. The second-order valence-corrected chi connectivity index (χ2v) is 8.17. The molecule has 2 N–H and O–H groups in total. The van der Waals surface area contributed by atoms with Gasteiger partial charge in [0.15, 0.2) is 5.76 Å². The molecule has 184 valence electrons. The van der Waals surface area contributed by atoms with Crippen LogP contribution >= 0.6 is 12.6 Å². The number of aryl methyl sites for hydroxylation is 1. The van der Waals surface area contributed by atoms with Crippen molar-refractivity contribution in [3.05, 3.63) is 53.4 Å². The molecule has 0 atom stereocenters. The molecule has 0 spiro atoms. The Morgan fingerprint density at radius 2 is 1.76 bits per heavy atom. The van der Waals surface area contributed by atoms with Crippen LogP contribution in [-0.4, -0.2) is 60.9 Å². The highest BCUT2D eigenvalue weighted by atomic mass is 32.1. The molecule has 0 radical (unpaired) electrons. The number of piperazine rings is 1. The smallest absolute Gasteiger partial charge is 0.227 e. The van der Waals surface area contributed by atoms with Crippen molar-refractivity contribution in [1.29, 1.82) is 0 Å². The van der Waals surface area contributed by atoms with Gasteiger partial charge in [0.2, 0.25) is 5.95 Å². The highest BCUT2D eigenvalue weighted by molar-refractivity contribution is 7.79. The first-order valence-electron chi connectivity index (χ1n) is 12.1. The second-order valence-electron chi connectivity index (χ2n) is 8.17. The van der Waals surface area contributed by atoms with Crippen LogP contribution in [0.4, 0.5) is 17.3 Å². The van der Waals surface area contributed by atoms with Gasteiger partial charge in [0.05, 0.1) is 0 Å². The number of furan rings is 1. The molecular weight excluding hydrogens is 444 g/mol. The Morgan fingerprint density at radius 3 is 2.44 bits per heavy atom. The van der Waals surface area contributed by atoms with Crippen molar-refractivity contribution in [2.75, 3.05) is 56.2 Å². The summed E-state index contributed by atoms with van der Waals surface area (Å²) >= 11 is 3.53. The van der Waals surface area contributed by atoms with Crippen molar-refractivity contribution in [1.82, 2.24) is 20.2 Å². The van der Waals surface area contributed by atoms with E-state index in [0.717, 1.165) is 74.2 Å². The molecule has 2 aliphatic heterocycles. The molecule has 8 heteroatoms. The lowest BCUT2D eigenvalue weighted by Gasteiger charge is -2.34. The number of hydrogen-bond donors (Lipinski definition) is 3. The molecule has 1 aromatic carbocycles.